The number of amides is 1. The van der Waals surface area contributed by atoms with E-state index >= 15 is 0 Å². The zero-order valence-electron chi connectivity index (χ0n) is 17.3. The number of carbonyl (C=O) groups is 1. The van der Waals surface area contributed by atoms with Crippen LogP contribution >= 0.6 is 0 Å². The van der Waals surface area contributed by atoms with Gasteiger partial charge in [0.2, 0.25) is 0 Å². The fourth-order valence-electron chi connectivity index (χ4n) is 2.90. The number of aliphatic hydroxyl groups excluding tert-OH is 1. The molecule has 3 aromatic rings. The molecule has 162 valence electrons. The molecular weight excluding hydrogens is 398 g/mol. The summed E-state index contributed by atoms with van der Waals surface area (Å²) in [6, 6.07) is 17.7. The fourth-order valence-corrected chi connectivity index (χ4v) is 2.90. The van der Waals surface area contributed by atoms with Gasteiger partial charge in [-0.15, -0.1) is 0 Å². The van der Waals surface area contributed by atoms with Crippen LogP contribution < -0.4 is 15.6 Å². The third-order valence-corrected chi connectivity index (χ3v) is 4.37. The van der Waals surface area contributed by atoms with Gasteiger partial charge in [-0.05, 0) is 55.0 Å². The molecule has 31 heavy (non-hydrogen) atoms. The summed E-state index contributed by atoms with van der Waals surface area (Å²) in [5, 5.41) is 16.0. The van der Waals surface area contributed by atoms with Crippen LogP contribution in [0.3, 0.4) is 0 Å². The van der Waals surface area contributed by atoms with Gasteiger partial charge in [-0.25, -0.2) is 9.48 Å². The zero-order chi connectivity index (χ0) is 22.1. The van der Waals surface area contributed by atoms with E-state index in [0.29, 0.717) is 30.2 Å². The van der Waals surface area contributed by atoms with Crippen LogP contribution in [-0.2, 0) is 11.3 Å². The highest BCUT2D eigenvalue weighted by molar-refractivity contribution is 5.84. The highest BCUT2D eigenvalue weighted by Gasteiger charge is 2.07. The molecule has 3 rings (SSSR count). The van der Waals surface area contributed by atoms with E-state index in [2.05, 4.69) is 10.4 Å². The lowest BCUT2D eigenvalue weighted by atomic mass is 10.1. The molecule has 0 fully saturated rings. The predicted molar refractivity (Wildman–Crippen MR) is 117 cm³/mol. The van der Waals surface area contributed by atoms with Gasteiger partial charge in [-0.1, -0.05) is 12.1 Å². The maximum atomic E-state index is 12.3. The van der Waals surface area contributed by atoms with Gasteiger partial charge < -0.3 is 14.6 Å². The van der Waals surface area contributed by atoms with Gasteiger partial charge in [0.05, 0.1) is 25.5 Å². The Bertz CT molecular complexity index is 1060. The van der Waals surface area contributed by atoms with Crippen LogP contribution in [0.2, 0.25) is 0 Å². The molecule has 1 aromatic heterocycles. The number of benzene rings is 2. The first kappa shape index (κ1) is 22.0. The Labute approximate surface area is 180 Å². The third kappa shape index (κ3) is 6.42. The maximum absolute atomic E-state index is 12.3. The monoisotopic (exact) mass is 423 g/mol. The number of nitrogens with zero attached hydrogens (tertiary/aromatic N) is 2. The van der Waals surface area contributed by atoms with Crippen LogP contribution in [0.4, 0.5) is 10.5 Å². The summed E-state index contributed by atoms with van der Waals surface area (Å²) in [6.07, 6.45) is 0.0471. The molecule has 0 aliphatic carbocycles. The molecule has 1 amide bonds. The quantitative estimate of drug-likeness (QED) is 0.512. The van der Waals surface area contributed by atoms with Crippen molar-refractivity contribution in [1.82, 2.24) is 9.78 Å². The number of nitrogens with one attached hydrogen (secondary N) is 1. The summed E-state index contributed by atoms with van der Waals surface area (Å²) in [4.78, 5) is 23.9. The lowest BCUT2D eigenvalue weighted by Crippen LogP contribution is -2.23. The lowest BCUT2D eigenvalue weighted by Gasteiger charge is -2.10. The minimum Gasteiger partial charge on any atom is -0.494 e. The van der Waals surface area contributed by atoms with E-state index in [0.717, 1.165) is 11.1 Å². The van der Waals surface area contributed by atoms with E-state index in [1.165, 1.54) is 10.7 Å². The van der Waals surface area contributed by atoms with Crippen LogP contribution in [0.1, 0.15) is 18.9 Å². The van der Waals surface area contributed by atoms with E-state index in [1.807, 2.05) is 30.3 Å². The van der Waals surface area contributed by atoms with Gasteiger partial charge in [-0.3, -0.25) is 10.1 Å². The molecule has 0 saturated carbocycles. The average molecular weight is 423 g/mol. The van der Waals surface area contributed by atoms with E-state index in [4.69, 9.17) is 14.6 Å². The minimum atomic E-state index is -0.527. The standard InChI is InChI=1S/C23H25N3O5/c1-2-30-23(29)24-19-6-3-5-17(15-19)16-26-22(28)12-11-21(25-26)18-7-9-20(10-8-18)31-14-4-13-27/h3,5-12,15,27H,2,4,13-14,16H2,1H3,(H,24,29). The van der Waals surface area contributed by atoms with Crippen LogP contribution in [0.5, 0.6) is 5.75 Å². The van der Waals surface area contributed by atoms with Crippen molar-refractivity contribution in [3.63, 3.8) is 0 Å². The molecule has 2 aromatic carbocycles. The number of ether oxygens (including phenoxy) is 2. The first-order valence-corrected chi connectivity index (χ1v) is 10.0. The third-order valence-electron chi connectivity index (χ3n) is 4.37. The SMILES string of the molecule is CCOC(=O)Nc1cccc(Cn2nc(-c3ccc(OCCCO)cc3)ccc2=O)c1. The molecule has 2 N–H and O–H groups in total. The molecular formula is C23H25N3O5. The summed E-state index contributed by atoms with van der Waals surface area (Å²) in [5.74, 6) is 0.705. The summed E-state index contributed by atoms with van der Waals surface area (Å²) >= 11 is 0. The van der Waals surface area contributed by atoms with Gasteiger partial charge in [0, 0.05) is 30.3 Å². The van der Waals surface area contributed by atoms with Crippen molar-refractivity contribution >= 4 is 11.8 Å². The lowest BCUT2D eigenvalue weighted by molar-refractivity contribution is 0.168. The molecule has 0 unspecified atom stereocenters. The number of aliphatic hydroxyl groups is 1. The topological polar surface area (TPSA) is 103 Å². The van der Waals surface area contributed by atoms with Gasteiger partial charge in [0.15, 0.2) is 0 Å². The first-order chi connectivity index (χ1) is 15.1. The summed E-state index contributed by atoms with van der Waals surface area (Å²) in [6.45, 7) is 2.81. The Morgan fingerprint density at radius 3 is 2.68 bits per heavy atom. The summed E-state index contributed by atoms with van der Waals surface area (Å²) < 4.78 is 11.8. The Kier molecular flexibility index (Phi) is 7.78. The Morgan fingerprint density at radius 1 is 1.13 bits per heavy atom. The van der Waals surface area contributed by atoms with E-state index in [9.17, 15) is 9.59 Å². The number of rotatable bonds is 9. The van der Waals surface area contributed by atoms with Crippen molar-refractivity contribution in [2.24, 2.45) is 0 Å². The smallest absolute Gasteiger partial charge is 0.411 e. The predicted octanol–water partition coefficient (Wildman–Crippen LogP) is 3.29. The number of hydrogen-bond acceptors (Lipinski definition) is 6. The zero-order valence-corrected chi connectivity index (χ0v) is 17.3. The normalized spacial score (nSPS) is 10.5. The molecule has 0 saturated heterocycles. The molecule has 0 atom stereocenters. The summed E-state index contributed by atoms with van der Waals surface area (Å²) in [5.41, 5.74) is 2.67. The minimum absolute atomic E-state index is 0.0886. The van der Waals surface area contributed by atoms with E-state index in [1.54, 1.807) is 31.2 Å². The maximum Gasteiger partial charge on any atom is 0.411 e. The second kappa shape index (κ2) is 10.9. The Balaban J connectivity index is 1.74. The Morgan fingerprint density at radius 2 is 1.94 bits per heavy atom. The van der Waals surface area contributed by atoms with Crippen LogP contribution in [-0.4, -0.2) is 40.8 Å². The van der Waals surface area contributed by atoms with E-state index in [-0.39, 0.29) is 25.3 Å². The van der Waals surface area contributed by atoms with Crippen LogP contribution in [0.15, 0.2) is 65.5 Å². The second-order valence-electron chi connectivity index (χ2n) is 6.71. The van der Waals surface area contributed by atoms with Crippen LogP contribution in [0, 0.1) is 0 Å². The molecule has 0 bridgehead atoms. The molecule has 0 aliphatic heterocycles. The van der Waals surface area contributed by atoms with Gasteiger partial charge in [0.1, 0.15) is 5.75 Å². The fraction of sp³-hybridized carbons (Fsp3) is 0.261. The van der Waals surface area contributed by atoms with Gasteiger partial charge in [-0.2, -0.15) is 5.10 Å². The van der Waals surface area contributed by atoms with Gasteiger partial charge >= 0.3 is 6.09 Å². The molecule has 8 heteroatoms. The molecule has 0 spiro atoms. The van der Waals surface area contributed by atoms with Crippen molar-refractivity contribution in [3.05, 3.63) is 76.6 Å². The first-order valence-electron chi connectivity index (χ1n) is 10.0. The van der Waals surface area contributed by atoms with Crippen molar-refractivity contribution in [1.29, 1.82) is 0 Å². The van der Waals surface area contributed by atoms with Crippen molar-refractivity contribution in [2.45, 2.75) is 19.9 Å². The van der Waals surface area contributed by atoms with Crippen molar-refractivity contribution in [3.8, 4) is 17.0 Å². The van der Waals surface area contributed by atoms with E-state index < -0.39 is 6.09 Å². The number of aromatic nitrogens is 2. The number of hydrogen-bond donors (Lipinski definition) is 2. The highest BCUT2D eigenvalue weighted by Crippen LogP contribution is 2.20. The van der Waals surface area contributed by atoms with Crippen LogP contribution in [0.25, 0.3) is 11.3 Å². The number of anilines is 1. The van der Waals surface area contributed by atoms with Gasteiger partial charge in [0.25, 0.3) is 5.56 Å². The average Bonchev–Trinajstić information content (AvgIpc) is 2.76. The van der Waals surface area contributed by atoms with Crippen molar-refractivity contribution < 1.29 is 19.4 Å². The molecule has 1 heterocycles. The molecule has 8 nitrogen and oxygen atoms in total. The summed E-state index contributed by atoms with van der Waals surface area (Å²) in [7, 11) is 0. The number of carbonyl (C=O) groups excluding carboxylic acids is 1. The Hall–Kier alpha value is -3.65. The largest absolute Gasteiger partial charge is 0.494 e. The van der Waals surface area contributed by atoms with Crippen molar-refractivity contribution in [2.75, 3.05) is 25.1 Å². The second-order valence-corrected chi connectivity index (χ2v) is 6.71. The molecule has 0 aliphatic rings. The highest BCUT2D eigenvalue weighted by atomic mass is 16.5. The molecule has 0 radical (unpaired) electrons.